The zero-order valence-corrected chi connectivity index (χ0v) is 10.4. The molecule has 3 N–H and O–H groups in total. The van der Waals surface area contributed by atoms with E-state index in [1.165, 1.54) is 25.3 Å². The molecule has 0 saturated carbocycles. The summed E-state index contributed by atoms with van der Waals surface area (Å²) in [6.07, 6.45) is 0. The Morgan fingerprint density at radius 3 is 2.45 bits per heavy atom. The molecule has 0 aliphatic rings. The van der Waals surface area contributed by atoms with Gasteiger partial charge in [0.15, 0.2) is 11.3 Å². The van der Waals surface area contributed by atoms with Crippen LogP contribution in [0.15, 0.2) is 33.5 Å². The summed E-state index contributed by atoms with van der Waals surface area (Å²) < 4.78 is 10.6. The van der Waals surface area contributed by atoms with Gasteiger partial charge in [0.2, 0.25) is 5.43 Å². The molecule has 102 valence electrons. The molecule has 0 atom stereocenters. The molecule has 0 aliphatic heterocycles. The van der Waals surface area contributed by atoms with E-state index in [-0.39, 0.29) is 39.2 Å². The van der Waals surface area contributed by atoms with E-state index in [9.17, 15) is 20.1 Å². The van der Waals surface area contributed by atoms with Gasteiger partial charge in [0.25, 0.3) is 0 Å². The summed E-state index contributed by atoms with van der Waals surface area (Å²) in [4.78, 5) is 12.4. The average Bonchev–Trinajstić information content (AvgIpc) is 2.38. The van der Waals surface area contributed by atoms with Gasteiger partial charge in [-0.1, -0.05) is 0 Å². The third kappa shape index (κ3) is 1.62. The first-order valence-corrected chi connectivity index (χ1v) is 5.70. The van der Waals surface area contributed by atoms with E-state index < -0.39 is 11.2 Å². The molecular formula is C14H10O6. The maximum Gasteiger partial charge on any atom is 0.204 e. The maximum atomic E-state index is 12.4. The molecule has 0 unspecified atom stereocenters. The van der Waals surface area contributed by atoms with E-state index in [2.05, 4.69) is 0 Å². The first-order chi connectivity index (χ1) is 9.51. The SMILES string of the molecule is COc1cc(O)cc2c(=O)c3c(O)cc(O)cc3oc12. The standard InChI is InChI=1S/C14H10O6/c1-19-11-5-6(15)2-8-13(18)12-9(17)3-7(16)4-10(12)20-14(8)11/h2-5,15-17H,1H3. The molecule has 1 aromatic heterocycles. The van der Waals surface area contributed by atoms with Gasteiger partial charge in [-0.05, 0) is 6.07 Å². The van der Waals surface area contributed by atoms with Crippen molar-refractivity contribution in [2.75, 3.05) is 7.11 Å². The van der Waals surface area contributed by atoms with E-state index in [4.69, 9.17) is 9.15 Å². The van der Waals surface area contributed by atoms with Gasteiger partial charge in [0.05, 0.1) is 12.5 Å². The summed E-state index contributed by atoms with van der Waals surface area (Å²) in [5, 5.41) is 28.8. The molecular weight excluding hydrogens is 264 g/mol. The van der Waals surface area contributed by atoms with Gasteiger partial charge in [-0.2, -0.15) is 0 Å². The molecule has 0 saturated heterocycles. The number of fused-ring (bicyclic) bond motifs is 2. The minimum Gasteiger partial charge on any atom is -0.508 e. The summed E-state index contributed by atoms with van der Waals surface area (Å²) in [6, 6.07) is 4.81. The first-order valence-electron chi connectivity index (χ1n) is 5.70. The van der Waals surface area contributed by atoms with Crippen molar-refractivity contribution < 1.29 is 24.5 Å². The minimum absolute atomic E-state index is 0.0315. The van der Waals surface area contributed by atoms with Gasteiger partial charge in [-0.15, -0.1) is 0 Å². The normalized spacial score (nSPS) is 11.1. The highest BCUT2D eigenvalue weighted by Crippen LogP contribution is 2.34. The zero-order chi connectivity index (χ0) is 14.4. The van der Waals surface area contributed by atoms with Gasteiger partial charge >= 0.3 is 0 Å². The quantitative estimate of drug-likeness (QED) is 0.587. The van der Waals surface area contributed by atoms with Crippen molar-refractivity contribution in [3.8, 4) is 23.0 Å². The van der Waals surface area contributed by atoms with Crippen LogP contribution in [-0.4, -0.2) is 22.4 Å². The average molecular weight is 274 g/mol. The lowest BCUT2D eigenvalue weighted by Gasteiger charge is -2.08. The molecule has 1 heterocycles. The van der Waals surface area contributed by atoms with E-state index >= 15 is 0 Å². The highest BCUT2D eigenvalue weighted by atomic mass is 16.5. The van der Waals surface area contributed by atoms with Crippen molar-refractivity contribution >= 4 is 21.9 Å². The number of phenolic OH excluding ortho intramolecular Hbond substituents is 3. The highest BCUT2D eigenvalue weighted by molar-refractivity contribution is 5.96. The lowest BCUT2D eigenvalue weighted by molar-refractivity contribution is 0.404. The van der Waals surface area contributed by atoms with Gasteiger partial charge in [0, 0.05) is 18.2 Å². The molecule has 0 fully saturated rings. The van der Waals surface area contributed by atoms with Crippen LogP contribution in [0.1, 0.15) is 0 Å². The van der Waals surface area contributed by atoms with E-state index in [0.717, 1.165) is 6.07 Å². The minimum atomic E-state index is -0.520. The Balaban J connectivity index is 2.61. The summed E-state index contributed by atoms with van der Waals surface area (Å²) in [5.41, 5.74) is -0.357. The highest BCUT2D eigenvalue weighted by Gasteiger charge is 2.16. The van der Waals surface area contributed by atoms with Crippen molar-refractivity contribution in [1.82, 2.24) is 0 Å². The van der Waals surface area contributed by atoms with Crippen molar-refractivity contribution in [2.24, 2.45) is 0 Å². The Kier molecular flexibility index (Phi) is 2.47. The molecule has 6 nitrogen and oxygen atoms in total. The van der Waals surface area contributed by atoms with Gasteiger partial charge in [-0.3, -0.25) is 4.79 Å². The lowest BCUT2D eigenvalue weighted by atomic mass is 10.1. The number of phenols is 3. The van der Waals surface area contributed by atoms with Crippen LogP contribution in [0.4, 0.5) is 0 Å². The number of hydrogen-bond donors (Lipinski definition) is 3. The van der Waals surface area contributed by atoms with Crippen molar-refractivity contribution in [3.63, 3.8) is 0 Å². The van der Waals surface area contributed by atoms with Crippen LogP contribution < -0.4 is 10.2 Å². The summed E-state index contributed by atoms with van der Waals surface area (Å²) in [5.74, 6) is -0.589. The number of methoxy groups -OCH3 is 1. The Bertz CT molecular complexity index is 894. The number of benzene rings is 2. The molecule has 0 aliphatic carbocycles. The summed E-state index contributed by atoms with van der Waals surface area (Å²) in [6.45, 7) is 0. The second-order valence-electron chi connectivity index (χ2n) is 4.29. The van der Waals surface area contributed by atoms with Crippen LogP contribution in [0.3, 0.4) is 0 Å². The predicted octanol–water partition coefficient (Wildman–Crippen LogP) is 2.07. The fraction of sp³-hybridized carbons (Fsp3) is 0.0714. The van der Waals surface area contributed by atoms with E-state index in [1.54, 1.807) is 0 Å². The van der Waals surface area contributed by atoms with Crippen molar-refractivity contribution in [1.29, 1.82) is 0 Å². The topological polar surface area (TPSA) is 100 Å². The molecule has 6 heteroatoms. The number of hydrogen-bond acceptors (Lipinski definition) is 6. The van der Waals surface area contributed by atoms with Crippen LogP contribution in [0, 0.1) is 0 Å². The largest absolute Gasteiger partial charge is 0.508 e. The van der Waals surface area contributed by atoms with Gasteiger partial charge in [0.1, 0.15) is 28.2 Å². The smallest absolute Gasteiger partial charge is 0.204 e. The molecule has 20 heavy (non-hydrogen) atoms. The molecule has 3 rings (SSSR count). The van der Waals surface area contributed by atoms with Crippen molar-refractivity contribution in [2.45, 2.75) is 0 Å². The third-order valence-corrected chi connectivity index (χ3v) is 3.01. The van der Waals surface area contributed by atoms with Crippen LogP contribution in [0.2, 0.25) is 0 Å². The van der Waals surface area contributed by atoms with Gasteiger partial charge < -0.3 is 24.5 Å². The number of aromatic hydroxyl groups is 3. The number of rotatable bonds is 1. The fourth-order valence-electron chi connectivity index (χ4n) is 2.15. The van der Waals surface area contributed by atoms with Crippen LogP contribution >= 0.6 is 0 Å². The lowest BCUT2D eigenvalue weighted by Crippen LogP contribution is -2.03. The third-order valence-electron chi connectivity index (χ3n) is 3.01. The molecule has 0 bridgehead atoms. The Hall–Kier alpha value is -2.89. The van der Waals surface area contributed by atoms with Crippen molar-refractivity contribution in [3.05, 3.63) is 34.5 Å². The van der Waals surface area contributed by atoms with Crippen LogP contribution in [-0.2, 0) is 0 Å². The number of ether oxygens (including phenoxy) is 1. The molecule has 0 amide bonds. The second kappa shape index (κ2) is 4.06. The molecule has 0 radical (unpaired) electrons. The monoisotopic (exact) mass is 274 g/mol. The van der Waals surface area contributed by atoms with Gasteiger partial charge in [-0.25, -0.2) is 0 Å². The summed E-state index contributed by atoms with van der Waals surface area (Å²) >= 11 is 0. The summed E-state index contributed by atoms with van der Waals surface area (Å²) in [7, 11) is 1.37. The Morgan fingerprint density at radius 2 is 1.75 bits per heavy atom. The first kappa shape index (κ1) is 12.2. The van der Waals surface area contributed by atoms with E-state index in [0.29, 0.717) is 0 Å². The molecule has 0 spiro atoms. The Morgan fingerprint density at radius 1 is 1.05 bits per heavy atom. The predicted molar refractivity (Wildman–Crippen MR) is 71.5 cm³/mol. The Labute approximate surface area is 112 Å². The molecule has 2 aromatic carbocycles. The van der Waals surface area contributed by atoms with Crippen LogP contribution in [0.25, 0.3) is 21.9 Å². The fourth-order valence-corrected chi connectivity index (χ4v) is 2.15. The van der Waals surface area contributed by atoms with Crippen LogP contribution in [0.5, 0.6) is 23.0 Å². The maximum absolute atomic E-state index is 12.4. The molecule has 3 aromatic rings. The zero-order valence-electron chi connectivity index (χ0n) is 10.4. The second-order valence-corrected chi connectivity index (χ2v) is 4.29. The van der Waals surface area contributed by atoms with E-state index in [1.807, 2.05) is 0 Å².